The summed E-state index contributed by atoms with van der Waals surface area (Å²) >= 11 is 0. The number of hydrogen-bond acceptors (Lipinski definition) is 4. The Kier molecular flexibility index (Phi) is 7.01. The summed E-state index contributed by atoms with van der Waals surface area (Å²) in [5.74, 6) is 1.35. The Morgan fingerprint density at radius 2 is 1.39 bits per heavy atom. The SMILES string of the molecule is O=Cc1ccc(CCC2=CNCC=C2)cc1Oc1ccc(CCC2=CNCC=C2)cc1. The Labute approximate surface area is 184 Å². The molecule has 158 valence electrons. The van der Waals surface area contributed by atoms with Crippen LogP contribution in [-0.4, -0.2) is 19.4 Å². The van der Waals surface area contributed by atoms with Gasteiger partial charge in [-0.25, -0.2) is 0 Å². The van der Waals surface area contributed by atoms with Crippen LogP contribution in [0.4, 0.5) is 0 Å². The molecule has 0 aromatic heterocycles. The first-order valence-corrected chi connectivity index (χ1v) is 10.8. The van der Waals surface area contributed by atoms with Crippen LogP contribution in [0.3, 0.4) is 0 Å². The zero-order valence-electron chi connectivity index (χ0n) is 17.6. The highest BCUT2D eigenvalue weighted by Crippen LogP contribution is 2.27. The first-order valence-electron chi connectivity index (χ1n) is 10.8. The van der Waals surface area contributed by atoms with E-state index in [0.29, 0.717) is 11.3 Å². The summed E-state index contributed by atoms with van der Waals surface area (Å²) in [6, 6.07) is 14.0. The summed E-state index contributed by atoms with van der Waals surface area (Å²) in [7, 11) is 0. The van der Waals surface area contributed by atoms with Crippen LogP contribution in [0.5, 0.6) is 11.5 Å². The number of aldehydes is 1. The summed E-state index contributed by atoms with van der Waals surface area (Å²) in [6.07, 6.45) is 17.4. The van der Waals surface area contributed by atoms with Crippen LogP contribution in [-0.2, 0) is 12.8 Å². The maximum absolute atomic E-state index is 11.5. The van der Waals surface area contributed by atoms with Crippen molar-refractivity contribution in [3.63, 3.8) is 0 Å². The number of dihydropyridines is 2. The summed E-state index contributed by atoms with van der Waals surface area (Å²) in [5.41, 5.74) is 5.57. The molecule has 0 bridgehead atoms. The monoisotopic (exact) mass is 412 g/mol. The van der Waals surface area contributed by atoms with Crippen LogP contribution in [0, 0.1) is 0 Å². The van der Waals surface area contributed by atoms with Crippen molar-refractivity contribution in [3.8, 4) is 11.5 Å². The summed E-state index contributed by atoms with van der Waals surface area (Å²) < 4.78 is 6.08. The molecule has 4 heteroatoms. The van der Waals surface area contributed by atoms with Gasteiger partial charge in [-0.15, -0.1) is 0 Å². The van der Waals surface area contributed by atoms with Gasteiger partial charge in [-0.2, -0.15) is 0 Å². The number of nitrogens with one attached hydrogen (secondary N) is 2. The molecule has 0 unspecified atom stereocenters. The second-order valence-corrected chi connectivity index (χ2v) is 7.80. The van der Waals surface area contributed by atoms with Gasteiger partial charge in [0.1, 0.15) is 11.5 Å². The van der Waals surface area contributed by atoms with Crippen LogP contribution in [0.15, 0.2) is 90.3 Å². The molecule has 0 fully saturated rings. The van der Waals surface area contributed by atoms with E-state index in [1.54, 1.807) is 0 Å². The molecule has 0 saturated carbocycles. The molecule has 0 radical (unpaired) electrons. The number of carbonyl (C=O) groups excluding carboxylic acids is 1. The lowest BCUT2D eigenvalue weighted by molar-refractivity contribution is 0.112. The number of benzene rings is 2. The third-order valence-electron chi connectivity index (χ3n) is 5.47. The predicted octanol–water partition coefficient (Wildman–Crippen LogP) is 5.24. The highest BCUT2D eigenvalue weighted by Gasteiger charge is 2.08. The fourth-order valence-electron chi connectivity index (χ4n) is 3.69. The minimum absolute atomic E-state index is 0.565. The summed E-state index contributed by atoms with van der Waals surface area (Å²) in [4.78, 5) is 11.5. The maximum Gasteiger partial charge on any atom is 0.153 e. The quantitative estimate of drug-likeness (QED) is 0.553. The van der Waals surface area contributed by atoms with Crippen molar-refractivity contribution in [1.82, 2.24) is 10.6 Å². The van der Waals surface area contributed by atoms with Crippen LogP contribution in [0.1, 0.15) is 34.3 Å². The summed E-state index contributed by atoms with van der Waals surface area (Å²) in [5, 5.41) is 6.48. The molecule has 2 aromatic carbocycles. The standard InChI is InChI=1S/C27H28N2O2/c30-20-25-12-9-22(6-8-24-4-2-16-29-19-24)17-27(25)31-26-13-10-21(11-14-26)5-7-23-3-1-15-28-18-23/h1-4,9-14,17-20,28-29H,5-8,15-16H2. The highest BCUT2D eigenvalue weighted by molar-refractivity contribution is 5.79. The van der Waals surface area contributed by atoms with E-state index < -0.39 is 0 Å². The molecule has 2 aliphatic rings. The Hall–Kier alpha value is -3.53. The Morgan fingerprint density at radius 1 is 0.774 bits per heavy atom. The van der Waals surface area contributed by atoms with Gasteiger partial charge in [0.15, 0.2) is 6.29 Å². The Morgan fingerprint density at radius 3 is 1.97 bits per heavy atom. The molecule has 4 rings (SSSR count). The second-order valence-electron chi connectivity index (χ2n) is 7.80. The lowest BCUT2D eigenvalue weighted by Crippen LogP contribution is -2.09. The first kappa shape index (κ1) is 20.7. The number of carbonyl (C=O) groups is 1. The molecule has 2 aliphatic heterocycles. The van der Waals surface area contributed by atoms with Gasteiger partial charge in [-0.1, -0.05) is 42.5 Å². The summed E-state index contributed by atoms with van der Waals surface area (Å²) in [6.45, 7) is 1.80. The van der Waals surface area contributed by atoms with Gasteiger partial charge >= 0.3 is 0 Å². The zero-order valence-corrected chi connectivity index (χ0v) is 17.6. The molecular formula is C27H28N2O2. The molecular weight excluding hydrogens is 384 g/mol. The molecule has 0 aliphatic carbocycles. The molecule has 0 atom stereocenters. The number of hydrogen-bond donors (Lipinski definition) is 2. The Balaban J connectivity index is 1.38. The molecule has 0 spiro atoms. The molecule has 0 saturated heterocycles. The second kappa shape index (κ2) is 10.5. The van der Waals surface area contributed by atoms with E-state index in [9.17, 15) is 4.79 Å². The van der Waals surface area contributed by atoms with E-state index in [2.05, 4.69) is 59.5 Å². The van der Waals surface area contributed by atoms with Gasteiger partial charge in [0.2, 0.25) is 0 Å². The minimum Gasteiger partial charge on any atom is -0.457 e. The molecule has 0 amide bonds. The topological polar surface area (TPSA) is 50.4 Å². The van der Waals surface area contributed by atoms with E-state index in [-0.39, 0.29) is 0 Å². The van der Waals surface area contributed by atoms with Gasteiger partial charge in [-0.05, 0) is 84.6 Å². The number of rotatable bonds is 9. The fourth-order valence-corrected chi connectivity index (χ4v) is 3.69. The van der Waals surface area contributed by atoms with Crippen molar-refractivity contribution < 1.29 is 9.53 Å². The van der Waals surface area contributed by atoms with Crippen LogP contribution >= 0.6 is 0 Å². The van der Waals surface area contributed by atoms with Gasteiger partial charge in [-0.3, -0.25) is 4.79 Å². The zero-order chi connectivity index (χ0) is 21.3. The van der Waals surface area contributed by atoms with Crippen molar-refractivity contribution in [1.29, 1.82) is 0 Å². The van der Waals surface area contributed by atoms with Gasteiger partial charge in [0.25, 0.3) is 0 Å². The van der Waals surface area contributed by atoms with Crippen LogP contribution in [0.25, 0.3) is 0 Å². The van der Waals surface area contributed by atoms with Gasteiger partial charge < -0.3 is 15.4 Å². The molecule has 2 N–H and O–H groups in total. The average molecular weight is 413 g/mol. The lowest BCUT2D eigenvalue weighted by Gasteiger charge is -2.12. The number of aryl methyl sites for hydroxylation is 2. The Bertz CT molecular complexity index is 1030. The van der Waals surface area contributed by atoms with Crippen molar-refractivity contribution in [3.05, 3.63) is 107 Å². The third-order valence-corrected chi connectivity index (χ3v) is 5.47. The largest absolute Gasteiger partial charge is 0.457 e. The van der Waals surface area contributed by atoms with Crippen molar-refractivity contribution in [2.45, 2.75) is 25.7 Å². The van der Waals surface area contributed by atoms with Gasteiger partial charge in [0, 0.05) is 13.1 Å². The fraction of sp³-hybridized carbons (Fsp3) is 0.222. The van der Waals surface area contributed by atoms with E-state index in [1.807, 2.05) is 30.3 Å². The van der Waals surface area contributed by atoms with E-state index in [4.69, 9.17) is 4.74 Å². The van der Waals surface area contributed by atoms with Crippen LogP contribution < -0.4 is 15.4 Å². The smallest absolute Gasteiger partial charge is 0.153 e. The van der Waals surface area contributed by atoms with Crippen molar-refractivity contribution in [2.75, 3.05) is 13.1 Å². The maximum atomic E-state index is 11.5. The lowest BCUT2D eigenvalue weighted by atomic mass is 10.0. The minimum atomic E-state index is 0.565. The molecule has 31 heavy (non-hydrogen) atoms. The van der Waals surface area contributed by atoms with Gasteiger partial charge in [0.05, 0.1) is 5.56 Å². The normalized spacial score (nSPS) is 14.8. The molecule has 2 aromatic rings. The van der Waals surface area contributed by atoms with E-state index in [1.165, 1.54) is 16.7 Å². The van der Waals surface area contributed by atoms with E-state index in [0.717, 1.165) is 56.4 Å². The molecule has 2 heterocycles. The van der Waals surface area contributed by atoms with Crippen LogP contribution in [0.2, 0.25) is 0 Å². The van der Waals surface area contributed by atoms with Crippen molar-refractivity contribution in [2.24, 2.45) is 0 Å². The number of ether oxygens (including phenoxy) is 1. The highest BCUT2D eigenvalue weighted by atomic mass is 16.5. The average Bonchev–Trinajstić information content (AvgIpc) is 2.84. The first-order chi connectivity index (χ1) is 15.3. The van der Waals surface area contributed by atoms with E-state index >= 15 is 0 Å². The molecule has 4 nitrogen and oxygen atoms in total. The third kappa shape index (κ3) is 5.98. The predicted molar refractivity (Wildman–Crippen MR) is 125 cm³/mol. The number of allylic oxidation sites excluding steroid dienone is 4. The van der Waals surface area contributed by atoms with Crippen molar-refractivity contribution >= 4 is 6.29 Å².